The van der Waals surface area contributed by atoms with Gasteiger partial charge >= 0.3 is 0 Å². The maximum absolute atomic E-state index is 4.26. The first-order chi connectivity index (χ1) is 39.6. The molecule has 0 aromatic rings. The van der Waals surface area contributed by atoms with E-state index in [9.17, 15) is 0 Å². The largest absolute Gasteiger partial charge is 0.286 e. The summed E-state index contributed by atoms with van der Waals surface area (Å²) in [5.41, 5.74) is 0. The molecule has 81 heavy (non-hydrogen) atoms. The van der Waals surface area contributed by atoms with Crippen LogP contribution in [0.5, 0.6) is 0 Å². The summed E-state index contributed by atoms with van der Waals surface area (Å²) in [5, 5.41) is 67.6. The first kappa shape index (κ1) is 56.8. The Balaban J connectivity index is 0.000000132. The second-order valence-corrected chi connectivity index (χ2v) is 31.2. The fraction of sp³-hybridized carbons (Fsp3) is 1.00. The van der Waals surface area contributed by atoms with Crippen LogP contribution in [0.25, 0.3) is 0 Å². The summed E-state index contributed by atoms with van der Waals surface area (Å²) >= 11 is 0. The van der Waals surface area contributed by atoms with Gasteiger partial charge in [0.25, 0.3) is 0 Å². The van der Waals surface area contributed by atoms with Crippen molar-refractivity contribution in [3.63, 3.8) is 0 Å². The van der Waals surface area contributed by atoms with Gasteiger partial charge in [0, 0.05) is 36.9 Å². The average Bonchev–Trinajstić information content (AvgIpc) is 4.47. The van der Waals surface area contributed by atoms with Crippen molar-refractivity contribution in [1.29, 1.82) is 0 Å². The predicted octanol–water partition coefficient (Wildman–Crippen LogP) is 5.21. The Hall–Kier alpha value is 0.594. The minimum atomic E-state index is 0. The van der Waals surface area contributed by atoms with Crippen LogP contribution in [0.15, 0.2) is 0 Å². The molecule has 18 fully saturated rings. The third-order valence-electron chi connectivity index (χ3n) is 27.6. The van der Waals surface area contributed by atoms with Gasteiger partial charge in [-0.2, -0.15) is 0 Å². The van der Waals surface area contributed by atoms with Gasteiger partial charge in [0.2, 0.25) is 0 Å². The zero-order valence-corrected chi connectivity index (χ0v) is 51.2. The summed E-state index contributed by atoms with van der Waals surface area (Å²) < 4.78 is 0. The van der Waals surface area contributed by atoms with Crippen LogP contribution in [0.2, 0.25) is 0 Å². The van der Waals surface area contributed by atoms with Gasteiger partial charge in [-0.15, -0.1) is 0 Å². The summed E-state index contributed by atoms with van der Waals surface area (Å²) in [5.74, 6) is 11.9. The van der Waals surface area contributed by atoms with Crippen molar-refractivity contribution in [1.82, 2.24) is 85.1 Å². The van der Waals surface area contributed by atoms with Crippen molar-refractivity contribution in [2.45, 2.75) is 304 Å². The summed E-state index contributed by atoms with van der Waals surface area (Å²) in [7, 11) is 0. The van der Waals surface area contributed by atoms with E-state index in [1.807, 2.05) is 0 Å². The number of rotatable bonds is 0. The summed E-state index contributed by atoms with van der Waals surface area (Å²) in [6, 6.07) is 0. The third-order valence-corrected chi connectivity index (χ3v) is 27.6. The van der Waals surface area contributed by atoms with Crippen molar-refractivity contribution in [2.24, 2.45) is 94.7 Å². The molecule has 10 heterocycles. The van der Waals surface area contributed by atoms with Gasteiger partial charge in [-0.3, -0.25) is 85.1 Å². The van der Waals surface area contributed by atoms with Gasteiger partial charge in [0.05, 0.1) is 98.7 Å². The minimum Gasteiger partial charge on any atom is -0.286 e. The number of nitrogens with one attached hydrogen (secondary N) is 16. The van der Waals surface area contributed by atoms with E-state index in [0.717, 1.165) is 94.7 Å². The number of fused-ring (bicyclic) bond motifs is 40. The van der Waals surface area contributed by atoms with Gasteiger partial charge < -0.3 is 0 Å². The molecule has 18 rings (SSSR count). The molecule has 16 N–H and O–H groups in total. The molecule has 461 valence electrons. The number of hydrogen-bond donors (Lipinski definition) is 16. The molecule has 16 nitrogen and oxygen atoms in total. The van der Waals surface area contributed by atoms with Gasteiger partial charge in [0.15, 0.2) is 0 Å². The van der Waals surface area contributed by atoms with Crippen LogP contribution in [-0.4, -0.2) is 98.7 Å². The van der Waals surface area contributed by atoms with Crippen LogP contribution in [-0.2, 0) is 0 Å². The van der Waals surface area contributed by atoms with E-state index in [1.165, 1.54) is 205 Å². The normalized spacial score (nSPS) is 56.9. The van der Waals surface area contributed by atoms with Crippen molar-refractivity contribution in [2.75, 3.05) is 0 Å². The Morgan fingerprint density at radius 3 is 0.235 bits per heavy atom. The zero-order valence-electron chi connectivity index (χ0n) is 49.4. The molecular formula is C64H112N16Tm. The molecule has 17 heteroatoms. The molecule has 18 aliphatic rings. The minimum absolute atomic E-state index is 0. The van der Waals surface area contributed by atoms with E-state index in [4.69, 9.17) is 0 Å². The molecule has 10 saturated heterocycles. The Bertz CT molecular complexity index is 1570. The summed E-state index contributed by atoms with van der Waals surface area (Å²) in [4.78, 5) is 0. The topological polar surface area (TPSA) is 192 Å². The Kier molecular flexibility index (Phi) is 17.1. The maximum atomic E-state index is 4.26. The van der Waals surface area contributed by atoms with Gasteiger partial charge in [-0.1, -0.05) is 103 Å². The third kappa shape index (κ3) is 10.6. The average molecular weight is 1270 g/mol. The van der Waals surface area contributed by atoms with Crippen molar-refractivity contribution in [3.05, 3.63) is 0 Å². The first-order valence-electron chi connectivity index (χ1n) is 35.8. The fourth-order valence-electron chi connectivity index (χ4n) is 23.9. The molecule has 0 spiro atoms. The molecule has 8 saturated carbocycles. The van der Waals surface area contributed by atoms with Gasteiger partial charge in [-0.25, -0.2) is 0 Å². The second kappa shape index (κ2) is 24.4. The van der Waals surface area contributed by atoms with E-state index < -0.39 is 0 Å². The van der Waals surface area contributed by atoms with E-state index in [0.29, 0.717) is 98.7 Å². The van der Waals surface area contributed by atoms with Gasteiger partial charge in [0.1, 0.15) is 0 Å². The fourth-order valence-corrected chi connectivity index (χ4v) is 23.9. The Morgan fingerprint density at radius 1 is 0.111 bits per heavy atom. The molecular weight excluding hydrogens is 1160 g/mol. The van der Waals surface area contributed by atoms with Crippen LogP contribution in [0.4, 0.5) is 0 Å². The molecule has 16 unspecified atom stereocenters. The Labute approximate surface area is 517 Å². The summed E-state index contributed by atoms with van der Waals surface area (Å²) in [6.07, 6.45) is 51.1. The SMILES string of the molecule is C1CCC2C3NC(NC4NC(NC5NC(NC6NC(N3)C3CCCCC63)C3CCCCC53)C3CCCCC43)C2C1.C1CCC2C3NC(NC4NC(NC5NC(NC6NC(N3)C3CCCCC63)C3CCCCC53)C3CCCCC43)C2C1.[Tm]. The summed E-state index contributed by atoms with van der Waals surface area (Å²) in [6.45, 7) is 0. The van der Waals surface area contributed by atoms with Crippen LogP contribution in [0.3, 0.4) is 0 Å². The van der Waals surface area contributed by atoms with E-state index in [2.05, 4.69) is 85.1 Å². The molecule has 16 bridgehead atoms. The van der Waals surface area contributed by atoms with E-state index >= 15 is 0 Å². The van der Waals surface area contributed by atoms with Crippen molar-refractivity contribution < 1.29 is 36.9 Å². The van der Waals surface area contributed by atoms with Gasteiger partial charge in [-0.05, 0) is 197 Å². The van der Waals surface area contributed by atoms with Crippen LogP contribution < -0.4 is 85.1 Å². The van der Waals surface area contributed by atoms with Crippen LogP contribution in [0, 0.1) is 132 Å². The molecule has 0 aromatic heterocycles. The molecule has 1 radical (unpaired) electrons. The number of hydrogen-bond acceptors (Lipinski definition) is 16. The molecule has 16 atom stereocenters. The standard InChI is InChI=1S/2C32H56N8.Tm/c2*1-2-10-18-17(9-1)25-33-26(18)38-28-21-13-5-6-14-22(21)30(35-28)40-32-24-16-8-7-15-23(24)31(36-32)39-29-20-12-4-3-11-19(20)27(34-29)37-25;/h2*17-40H,1-16H2;. The molecule has 0 aromatic carbocycles. The molecule has 8 aliphatic carbocycles. The molecule has 0 amide bonds. The zero-order chi connectivity index (χ0) is 52.4. The first-order valence-corrected chi connectivity index (χ1v) is 35.8. The maximum Gasteiger partial charge on any atom is 0.0628 e. The quantitative estimate of drug-likeness (QED) is 0.151. The Morgan fingerprint density at radius 2 is 0.173 bits per heavy atom. The van der Waals surface area contributed by atoms with Crippen LogP contribution >= 0.6 is 0 Å². The van der Waals surface area contributed by atoms with E-state index in [-0.39, 0.29) is 36.9 Å². The van der Waals surface area contributed by atoms with E-state index in [1.54, 1.807) is 0 Å². The smallest absolute Gasteiger partial charge is 0.0628 e. The van der Waals surface area contributed by atoms with Crippen molar-refractivity contribution >= 4 is 0 Å². The predicted molar refractivity (Wildman–Crippen MR) is 314 cm³/mol. The monoisotopic (exact) mass is 1270 g/mol. The van der Waals surface area contributed by atoms with Crippen LogP contribution in [0.1, 0.15) is 205 Å². The van der Waals surface area contributed by atoms with Crippen molar-refractivity contribution in [3.8, 4) is 0 Å². The molecule has 10 aliphatic heterocycles. The second-order valence-electron chi connectivity index (χ2n) is 31.2.